The number of pyridine rings is 1. The molecule has 2 aliphatic heterocycles. The van der Waals surface area contributed by atoms with Crippen LogP contribution < -0.4 is 16.0 Å². The summed E-state index contributed by atoms with van der Waals surface area (Å²) < 4.78 is 20.0. The lowest BCUT2D eigenvalue weighted by atomic mass is 9.82. The van der Waals surface area contributed by atoms with Gasteiger partial charge in [0.2, 0.25) is 5.91 Å². The Morgan fingerprint density at radius 2 is 2.10 bits per heavy atom. The van der Waals surface area contributed by atoms with E-state index in [9.17, 15) is 9.18 Å². The second-order valence-corrected chi connectivity index (χ2v) is 8.65. The van der Waals surface area contributed by atoms with Gasteiger partial charge in [0.25, 0.3) is 0 Å². The number of rotatable bonds is 6. The molecule has 4 heterocycles. The lowest BCUT2D eigenvalue weighted by Crippen LogP contribution is -2.37. The van der Waals surface area contributed by atoms with E-state index in [1.807, 2.05) is 0 Å². The first-order chi connectivity index (χ1) is 15.0. The predicted molar refractivity (Wildman–Crippen MR) is 116 cm³/mol. The van der Waals surface area contributed by atoms with Crippen LogP contribution in [0.2, 0.25) is 0 Å². The first-order valence-electron chi connectivity index (χ1n) is 10.8. The van der Waals surface area contributed by atoms with E-state index in [1.54, 1.807) is 6.07 Å². The molecule has 2 aromatic heterocycles. The van der Waals surface area contributed by atoms with Crippen molar-refractivity contribution in [2.24, 2.45) is 11.3 Å². The molecule has 1 amide bonds. The number of aromatic nitrogens is 3. The molecule has 4 rings (SSSR count). The minimum absolute atomic E-state index is 0.105. The maximum atomic E-state index is 14.5. The number of ether oxygens (including phenoxy) is 1. The van der Waals surface area contributed by atoms with E-state index >= 15 is 0 Å². The van der Waals surface area contributed by atoms with Crippen molar-refractivity contribution in [2.75, 3.05) is 43.5 Å². The molecule has 0 aromatic carbocycles. The van der Waals surface area contributed by atoms with Crippen LogP contribution in [0.5, 0.6) is 0 Å². The third-order valence-electron chi connectivity index (χ3n) is 6.11. The average molecular weight is 429 g/mol. The molecule has 0 spiro atoms. The molecule has 0 aliphatic carbocycles. The van der Waals surface area contributed by atoms with Crippen molar-refractivity contribution >= 4 is 17.5 Å². The van der Waals surface area contributed by atoms with Crippen molar-refractivity contribution in [1.82, 2.24) is 20.3 Å². The van der Waals surface area contributed by atoms with Crippen LogP contribution in [0.3, 0.4) is 0 Å². The first kappa shape index (κ1) is 21.6. The summed E-state index contributed by atoms with van der Waals surface area (Å²) in [6, 6.07) is 3.24. The second-order valence-electron chi connectivity index (χ2n) is 8.65. The van der Waals surface area contributed by atoms with Crippen molar-refractivity contribution in [3.63, 3.8) is 0 Å². The first-order valence-corrected chi connectivity index (χ1v) is 10.8. The lowest BCUT2D eigenvalue weighted by Gasteiger charge is -2.33. The third-order valence-corrected chi connectivity index (χ3v) is 6.11. The standard InChI is InChI=1S/C22H29FN6O2/c1-22(4-7-31-8-5-22)13-26-19-10-18(27-14-28-19)16-9-20(25-12-17(16)23)29-21(30)15-3-2-6-24-11-15/h9-10,12,14-15,24H,2-8,11,13H2,1H3,(H,25,29,30)(H,26,27,28). The maximum Gasteiger partial charge on any atom is 0.229 e. The van der Waals surface area contributed by atoms with Gasteiger partial charge in [0.05, 0.1) is 17.8 Å². The van der Waals surface area contributed by atoms with Crippen LogP contribution in [0.4, 0.5) is 16.0 Å². The summed E-state index contributed by atoms with van der Waals surface area (Å²) in [6.45, 7) is 6.08. The van der Waals surface area contributed by atoms with Gasteiger partial charge in [0.1, 0.15) is 18.0 Å². The Morgan fingerprint density at radius 1 is 1.26 bits per heavy atom. The van der Waals surface area contributed by atoms with Crippen LogP contribution in [-0.2, 0) is 9.53 Å². The Balaban J connectivity index is 1.46. The van der Waals surface area contributed by atoms with Gasteiger partial charge in [-0.25, -0.2) is 19.3 Å². The van der Waals surface area contributed by atoms with Crippen molar-refractivity contribution in [3.05, 3.63) is 30.5 Å². The minimum atomic E-state index is -0.502. The van der Waals surface area contributed by atoms with Crippen LogP contribution in [0.1, 0.15) is 32.6 Å². The highest BCUT2D eigenvalue weighted by Crippen LogP contribution is 2.30. The number of piperidine rings is 1. The summed E-state index contributed by atoms with van der Waals surface area (Å²) >= 11 is 0. The molecule has 9 heteroatoms. The quantitative estimate of drug-likeness (QED) is 0.650. The fraction of sp³-hybridized carbons (Fsp3) is 0.545. The SMILES string of the molecule is CC1(CNc2cc(-c3cc(NC(=O)C4CCCNC4)ncc3F)ncn2)CCOCC1. The number of hydrogen-bond acceptors (Lipinski definition) is 7. The number of hydrogen-bond donors (Lipinski definition) is 3. The second kappa shape index (κ2) is 9.65. The van der Waals surface area contributed by atoms with E-state index in [1.165, 1.54) is 12.4 Å². The van der Waals surface area contributed by atoms with Crippen molar-refractivity contribution in [3.8, 4) is 11.3 Å². The van der Waals surface area contributed by atoms with Gasteiger partial charge in [-0.15, -0.1) is 0 Å². The van der Waals surface area contributed by atoms with Crippen molar-refractivity contribution in [1.29, 1.82) is 0 Å². The van der Waals surface area contributed by atoms with Crippen LogP contribution in [0, 0.1) is 17.2 Å². The van der Waals surface area contributed by atoms with Crippen molar-refractivity contribution in [2.45, 2.75) is 32.6 Å². The Hall–Kier alpha value is -2.65. The average Bonchev–Trinajstić information content (AvgIpc) is 2.80. The normalized spacial score (nSPS) is 20.8. The fourth-order valence-electron chi connectivity index (χ4n) is 3.95. The summed E-state index contributed by atoms with van der Waals surface area (Å²) in [4.78, 5) is 25.0. The summed E-state index contributed by atoms with van der Waals surface area (Å²) in [5.74, 6) is 0.235. The van der Waals surface area contributed by atoms with Crippen LogP contribution in [0.15, 0.2) is 24.7 Å². The lowest BCUT2D eigenvalue weighted by molar-refractivity contribution is -0.120. The minimum Gasteiger partial charge on any atom is -0.381 e. The van der Waals surface area contributed by atoms with Gasteiger partial charge in [-0.2, -0.15) is 0 Å². The molecule has 0 saturated carbocycles. The summed E-state index contributed by atoms with van der Waals surface area (Å²) in [7, 11) is 0. The topological polar surface area (TPSA) is 101 Å². The van der Waals surface area contributed by atoms with E-state index < -0.39 is 5.82 Å². The largest absolute Gasteiger partial charge is 0.381 e. The molecule has 0 bridgehead atoms. The highest BCUT2D eigenvalue weighted by molar-refractivity contribution is 5.92. The van der Waals surface area contributed by atoms with Gasteiger partial charge < -0.3 is 20.7 Å². The number of carbonyl (C=O) groups is 1. The molecular formula is C22H29FN6O2. The zero-order valence-electron chi connectivity index (χ0n) is 17.8. The number of halogens is 1. The molecule has 0 radical (unpaired) electrons. The summed E-state index contributed by atoms with van der Waals surface area (Å²) in [6.07, 6.45) is 6.28. The number of anilines is 2. The van der Waals surface area contributed by atoms with Gasteiger partial charge in [-0.3, -0.25) is 4.79 Å². The van der Waals surface area contributed by atoms with E-state index in [0.717, 1.165) is 58.2 Å². The molecular weight excluding hydrogens is 399 g/mol. The monoisotopic (exact) mass is 428 g/mol. The Labute approximate surface area is 181 Å². The number of nitrogens with one attached hydrogen (secondary N) is 3. The van der Waals surface area contributed by atoms with Gasteiger partial charge >= 0.3 is 0 Å². The molecule has 2 saturated heterocycles. The van der Waals surface area contributed by atoms with E-state index in [-0.39, 0.29) is 22.8 Å². The predicted octanol–water partition coefficient (Wildman–Crippen LogP) is 2.84. The molecule has 3 N–H and O–H groups in total. The number of nitrogens with zero attached hydrogens (tertiary/aromatic N) is 3. The molecule has 2 fully saturated rings. The summed E-state index contributed by atoms with van der Waals surface area (Å²) in [5.41, 5.74) is 0.843. The smallest absolute Gasteiger partial charge is 0.229 e. The highest BCUT2D eigenvalue weighted by Gasteiger charge is 2.27. The van der Waals surface area contributed by atoms with Gasteiger partial charge in [0, 0.05) is 37.9 Å². The fourth-order valence-corrected chi connectivity index (χ4v) is 3.95. The van der Waals surface area contributed by atoms with E-state index in [0.29, 0.717) is 23.9 Å². The molecule has 2 aromatic rings. The van der Waals surface area contributed by atoms with Crippen molar-refractivity contribution < 1.29 is 13.9 Å². The van der Waals surface area contributed by atoms with E-state index in [2.05, 4.69) is 37.8 Å². The van der Waals surface area contributed by atoms with E-state index in [4.69, 9.17) is 4.74 Å². The Kier molecular flexibility index (Phi) is 6.72. The zero-order valence-corrected chi connectivity index (χ0v) is 17.8. The third kappa shape index (κ3) is 5.54. The molecule has 8 nitrogen and oxygen atoms in total. The van der Waals surface area contributed by atoms with Gasteiger partial charge in [-0.1, -0.05) is 6.92 Å². The van der Waals surface area contributed by atoms with Gasteiger partial charge in [-0.05, 0) is 43.7 Å². The number of carbonyl (C=O) groups excluding carboxylic acids is 1. The van der Waals surface area contributed by atoms with Crippen LogP contribution >= 0.6 is 0 Å². The Morgan fingerprint density at radius 3 is 2.87 bits per heavy atom. The van der Waals surface area contributed by atoms with Crippen LogP contribution in [-0.4, -0.2) is 53.7 Å². The maximum absolute atomic E-state index is 14.5. The summed E-state index contributed by atoms with van der Waals surface area (Å²) in [5, 5.41) is 9.38. The molecule has 1 unspecified atom stereocenters. The molecule has 1 atom stereocenters. The molecule has 2 aliphatic rings. The van der Waals surface area contributed by atoms with Gasteiger partial charge in [0.15, 0.2) is 5.82 Å². The number of amides is 1. The molecule has 31 heavy (non-hydrogen) atoms. The highest BCUT2D eigenvalue weighted by atomic mass is 19.1. The zero-order chi connectivity index (χ0) is 21.7. The van der Waals surface area contributed by atoms with Crippen LogP contribution in [0.25, 0.3) is 11.3 Å². The molecule has 166 valence electrons. The Bertz CT molecular complexity index is 913.